The maximum atomic E-state index is 5.78. The second-order valence-corrected chi connectivity index (χ2v) is 6.46. The number of aromatic nitrogens is 2. The summed E-state index contributed by atoms with van der Waals surface area (Å²) in [6.45, 7) is 2.06. The van der Waals surface area contributed by atoms with Gasteiger partial charge in [0.15, 0.2) is 0 Å². The van der Waals surface area contributed by atoms with Gasteiger partial charge in [0.1, 0.15) is 17.1 Å². The quantitative estimate of drug-likeness (QED) is 0.634. The molecular formula is C18H19N3OS. The van der Waals surface area contributed by atoms with E-state index in [0.717, 1.165) is 40.0 Å². The van der Waals surface area contributed by atoms with Gasteiger partial charge in [-0.1, -0.05) is 17.7 Å². The molecule has 0 unspecified atom stereocenters. The topological polar surface area (TPSA) is 38.3 Å². The summed E-state index contributed by atoms with van der Waals surface area (Å²) in [5, 5.41) is 0.885. The average Bonchev–Trinajstić information content (AvgIpc) is 2.62. The molecule has 0 radical (unpaired) electrons. The van der Waals surface area contributed by atoms with Gasteiger partial charge in [0.2, 0.25) is 0 Å². The molecule has 1 aliphatic rings. The van der Waals surface area contributed by atoms with E-state index in [1.165, 1.54) is 19.3 Å². The number of anilines is 1. The van der Waals surface area contributed by atoms with Crippen molar-refractivity contribution in [3.05, 3.63) is 36.3 Å². The maximum Gasteiger partial charge on any atom is 0.144 e. The van der Waals surface area contributed by atoms with E-state index in [1.54, 1.807) is 31.4 Å². The molecule has 0 amide bonds. The van der Waals surface area contributed by atoms with Crippen molar-refractivity contribution < 1.29 is 4.74 Å². The monoisotopic (exact) mass is 325 g/mol. The average molecular weight is 325 g/mol. The summed E-state index contributed by atoms with van der Waals surface area (Å²) in [6, 6.07) is 5.96. The normalized spacial score (nSPS) is 14.3. The largest absolute Gasteiger partial charge is 0.494 e. The third kappa shape index (κ3) is 3.59. The highest BCUT2D eigenvalue weighted by molar-refractivity contribution is 7.99. The molecule has 23 heavy (non-hydrogen) atoms. The first-order chi connectivity index (χ1) is 11.3. The zero-order chi connectivity index (χ0) is 16.1. The number of hydrogen-bond acceptors (Lipinski definition) is 5. The molecule has 0 spiro atoms. The van der Waals surface area contributed by atoms with E-state index in [1.807, 2.05) is 18.2 Å². The Morgan fingerprint density at radius 1 is 1.26 bits per heavy atom. The van der Waals surface area contributed by atoms with Gasteiger partial charge in [-0.2, -0.15) is 0 Å². The van der Waals surface area contributed by atoms with Crippen LogP contribution >= 0.6 is 11.8 Å². The van der Waals surface area contributed by atoms with E-state index in [2.05, 4.69) is 20.8 Å². The van der Waals surface area contributed by atoms with Gasteiger partial charge in [0.25, 0.3) is 0 Å². The van der Waals surface area contributed by atoms with Crippen LogP contribution in [-0.4, -0.2) is 30.2 Å². The molecule has 0 N–H and O–H groups in total. The first kappa shape index (κ1) is 15.7. The number of piperidine rings is 1. The number of ether oxygens (including phenoxy) is 1. The van der Waals surface area contributed by atoms with Crippen LogP contribution in [-0.2, 0) is 0 Å². The Hall–Kier alpha value is -2.19. The van der Waals surface area contributed by atoms with Crippen molar-refractivity contribution in [1.29, 1.82) is 0 Å². The van der Waals surface area contributed by atoms with Gasteiger partial charge < -0.3 is 9.64 Å². The highest BCUT2D eigenvalue weighted by atomic mass is 32.2. The molecule has 118 valence electrons. The molecule has 0 saturated carbocycles. The molecule has 5 heteroatoms. The molecule has 1 saturated heterocycles. The fraction of sp³-hybridized carbons (Fsp3) is 0.333. The van der Waals surface area contributed by atoms with E-state index in [-0.39, 0.29) is 0 Å². The van der Waals surface area contributed by atoms with Gasteiger partial charge >= 0.3 is 0 Å². The predicted octanol–water partition coefficient (Wildman–Crippen LogP) is 3.61. The van der Waals surface area contributed by atoms with Crippen LogP contribution < -0.4 is 9.64 Å². The third-order valence-corrected chi connectivity index (χ3v) is 4.80. The second kappa shape index (κ2) is 7.38. The van der Waals surface area contributed by atoms with E-state index < -0.39 is 0 Å². The molecule has 4 nitrogen and oxygen atoms in total. The SMILES string of the molecule is C#Cc1cc(Sc2ccncn2)cc(OC)c1N1CCCCC1. The first-order valence-corrected chi connectivity index (χ1v) is 8.51. The minimum Gasteiger partial charge on any atom is -0.494 e. The van der Waals surface area contributed by atoms with Crippen molar-refractivity contribution in [2.45, 2.75) is 29.2 Å². The molecule has 1 fully saturated rings. The summed E-state index contributed by atoms with van der Waals surface area (Å²) in [7, 11) is 1.70. The van der Waals surface area contributed by atoms with Gasteiger partial charge in [0, 0.05) is 24.2 Å². The Kier molecular flexibility index (Phi) is 5.04. The summed E-state index contributed by atoms with van der Waals surface area (Å²) in [5.41, 5.74) is 1.92. The Bertz CT molecular complexity index is 706. The maximum absolute atomic E-state index is 5.78. The number of benzene rings is 1. The van der Waals surface area contributed by atoms with Crippen LogP contribution in [0.25, 0.3) is 0 Å². The zero-order valence-corrected chi connectivity index (χ0v) is 14.0. The third-order valence-electron chi connectivity index (χ3n) is 3.87. The van der Waals surface area contributed by atoms with Gasteiger partial charge in [-0.15, -0.1) is 6.42 Å². The van der Waals surface area contributed by atoms with E-state index in [0.29, 0.717) is 0 Å². The van der Waals surface area contributed by atoms with E-state index in [4.69, 9.17) is 11.2 Å². The van der Waals surface area contributed by atoms with Gasteiger partial charge in [-0.25, -0.2) is 9.97 Å². The summed E-state index contributed by atoms with van der Waals surface area (Å²) in [6.07, 6.45) is 12.7. The highest BCUT2D eigenvalue weighted by Gasteiger charge is 2.19. The molecule has 0 bridgehead atoms. The molecule has 2 heterocycles. The molecule has 3 rings (SSSR count). The van der Waals surface area contributed by atoms with Crippen LogP contribution in [0.15, 0.2) is 40.6 Å². The lowest BCUT2D eigenvalue weighted by molar-refractivity contribution is 0.411. The first-order valence-electron chi connectivity index (χ1n) is 7.69. The van der Waals surface area contributed by atoms with Crippen molar-refractivity contribution >= 4 is 17.4 Å². The number of terminal acetylenes is 1. The molecule has 1 aromatic carbocycles. The molecular weight excluding hydrogens is 306 g/mol. The molecule has 0 atom stereocenters. The zero-order valence-electron chi connectivity index (χ0n) is 13.2. The van der Waals surface area contributed by atoms with Gasteiger partial charge in [-0.3, -0.25) is 0 Å². The molecule has 0 aliphatic carbocycles. The molecule has 1 aromatic heterocycles. The molecule has 2 aromatic rings. The number of nitrogens with zero attached hydrogens (tertiary/aromatic N) is 3. The smallest absolute Gasteiger partial charge is 0.144 e. The Morgan fingerprint density at radius 2 is 2.09 bits per heavy atom. The fourth-order valence-corrected chi connectivity index (χ4v) is 3.62. The number of rotatable bonds is 4. The standard InChI is InChI=1S/C18H19N3OS/c1-3-14-11-15(23-17-7-8-19-13-20-17)12-16(22-2)18(14)21-9-5-4-6-10-21/h1,7-8,11-13H,4-6,9-10H2,2H3. The van der Waals surface area contributed by atoms with E-state index >= 15 is 0 Å². The summed E-state index contributed by atoms with van der Waals surface area (Å²) < 4.78 is 5.64. The predicted molar refractivity (Wildman–Crippen MR) is 93.1 cm³/mol. The summed E-state index contributed by atoms with van der Waals surface area (Å²) >= 11 is 1.56. The van der Waals surface area contributed by atoms with Crippen LogP contribution in [0.3, 0.4) is 0 Å². The van der Waals surface area contributed by atoms with Crippen molar-refractivity contribution in [3.63, 3.8) is 0 Å². The number of hydrogen-bond donors (Lipinski definition) is 0. The van der Waals surface area contributed by atoms with Crippen molar-refractivity contribution in [2.24, 2.45) is 0 Å². The molecule has 1 aliphatic heterocycles. The van der Waals surface area contributed by atoms with Crippen LogP contribution in [0.2, 0.25) is 0 Å². The Morgan fingerprint density at radius 3 is 2.74 bits per heavy atom. The van der Waals surface area contributed by atoms with E-state index in [9.17, 15) is 0 Å². The van der Waals surface area contributed by atoms with Crippen LogP contribution in [0.5, 0.6) is 5.75 Å². The summed E-state index contributed by atoms with van der Waals surface area (Å²) in [4.78, 5) is 11.6. The minimum absolute atomic E-state index is 0.832. The van der Waals surface area contributed by atoms with Crippen molar-refractivity contribution in [3.8, 4) is 18.1 Å². The lowest BCUT2D eigenvalue weighted by atomic mass is 10.1. The van der Waals surface area contributed by atoms with Crippen LogP contribution in [0, 0.1) is 12.3 Å². The highest BCUT2D eigenvalue weighted by Crippen LogP contribution is 2.39. The second-order valence-electron chi connectivity index (χ2n) is 5.36. The van der Waals surface area contributed by atoms with Crippen LogP contribution in [0.1, 0.15) is 24.8 Å². The minimum atomic E-state index is 0.832. The van der Waals surface area contributed by atoms with Crippen molar-refractivity contribution in [1.82, 2.24) is 9.97 Å². The van der Waals surface area contributed by atoms with Crippen LogP contribution in [0.4, 0.5) is 5.69 Å². The van der Waals surface area contributed by atoms with Gasteiger partial charge in [0.05, 0.1) is 18.4 Å². The van der Waals surface area contributed by atoms with Gasteiger partial charge in [-0.05, 0) is 37.5 Å². The summed E-state index contributed by atoms with van der Waals surface area (Å²) in [5.74, 6) is 3.66. The Balaban J connectivity index is 1.96. The lowest BCUT2D eigenvalue weighted by Crippen LogP contribution is -2.30. The number of methoxy groups -OCH3 is 1. The van der Waals surface area contributed by atoms with Crippen molar-refractivity contribution in [2.75, 3.05) is 25.1 Å². The lowest BCUT2D eigenvalue weighted by Gasteiger charge is -2.31. The fourth-order valence-electron chi connectivity index (χ4n) is 2.81. The Labute approximate surface area is 141 Å².